The molecule has 0 N–H and O–H groups in total. The summed E-state index contributed by atoms with van der Waals surface area (Å²) in [6, 6.07) is 1.63. The zero-order valence-corrected chi connectivity index (χ0v) is 14.5. The topological polar surface area (TPSA) is 64.7 Å². The Labute approximate surface area is 144 Å². The van der Waals surface area contributed by atoms with E-state index in [1.807, 2.05) is 0 Å². The van der Waals surface area contributed by atoms with Crippen LogP contribution in [0.15, 0.2) is 0 Å². The largest absolute Gasteiger partial charge is 0.410 e. The van der Waals surface area contributed by atoms with Gasteiger partial charge in [0.1, 0.15) is 5.78 Å². The monoisotopic (exact) mass is 384 g/mol. The number of nitrogens with zero attached hydrogens (tertiary/aromatic N) is 2. The van der Waals surface area contributed by atoms with Crippen LogP contribution >= 0.6 is 11.8 Å². The molecule has 2 fully saturated rings. The van der Waals surface area contributed by atoms with E-state index < -0.39 is 50.3 Å². The molecule has 1 saturated carbocycles. The number of hydrogen-bond donors (Lipinski definition) is 0. The molecule has 0 aromatic heterocycles. The normalized spacial score (nSPS) is 35.8. The predicted octanol–water partition coefficient (Wildman–Crippen LogP) is 4.25. The number of carbonyl (C=O) groups excluding carboxylic acids is 1. The molecule has 1 spiro atoms. The number of nitriles is 2. The van der Waals surface area contributed by atoms with Crippen LogP contribution in [0, 0.1) is 44.3 Å². The lowest BCUT2D eigenvalue weighted by molar-refractivity contribution is -0.322. The van der Waals surface area contributed by atoms with Crippen LogP contribution in [-0.2, 0) is 4.79 Å². The van der Waals surface area contributed by atoms with E-state index in [1.54, 1.807) is 0 Å². The van der Waals surface area contributed by atoms with E-state index in [4.69, 9.17) is 0 Å². The van der Waals surface area contributed by atoms with Gasteiger partial charge in [-0.25, -0.2) is 0 Å². The molecule has 0 aromatic rings. The molecule has 0 aromatic carbocycles. The summed E-state index contributed by atoms with van der Waals surface area (Å²) in [5.41, 5.74) is -11.8. The minimum Gasteiger partial charge on any atom is -0.298 e. The number of hydrogen-bond acceptors (Lipinski definition) is 4. The SMILES string of the molecule is CC1(C)C(=O)C(C)(C)C12SC[C@](C#N)(C(F)(F)F)[C@@]2(C#N)C(F)(F)F. The van der Waals surface area contributed by atoms with Crippen molar-refractivity contribution >= 4 is 17.5 Å². The average molecular weight is 384 g/mol. The van der Waals surface area contributed by atoms with Crippen molar-refractivity contribution in [2.24, 2.45) is 21.7 Å². The van der Waals surface area contributed by atoms with Crippen molar-refractivity contribution in [2.45, 2.75) is 44.8 Å². The molecular weight excluding hydrogens is 370 g/mol. The number of thioether (sulfide) groups is 1. The highest BCUT2D eigenvalue weighted by Crippen LogP contribution is 2.84. The van der Waals surface area contributed by atoms with Gasteiger partial charge in [-0.15, -0.1) is 11.8 Å². The third kappa shape index (κ3) is 1.59. The number of alkyl halides is 6. The van der Waals surface area contributed by atoms with Crippen molar-refractivity contribution in [3.05, 3.63) is 0 Å². The van der Waals surface area contributed by atoms with Crippen LogP contribution in [0.1, 0.15) is 27.7 Å². The first-order valence-electron chi connectivity index (χ1n) is 7.13. The first-order valence-corrected chi connectivity index (χ1v) is 8.12. The summed E-state index contributed by atoms with van der Waals surface area (Å²) in [5.74, 6) is -1.94. The van der Waals surface area contributed by atoms with Gasteiger partial charge in [-0.3, -0.25) is 4.79 Å². The van der Waals surface area contributed by atoms with Gasteiger partial charge >= 0.3 is 12.4 Å². The maximum atomic E-state index is 14.2. The van der Waals surface area contributed by atoms with Crippen molar-refractivity contribution in [3.63, 3.8) is 0 Å². The van der Waals surface area contributed by atoms with Gasteiger partial charge in [-0.1, -0.05) is 27.7 Å². The number of rotatable bonds is 0. The standard InChI is InChI=1S/C15H14F6N2OS/c1-9(2)8(24)10(3,4)13(9)12(6-23,15(19,20)21)11(5-22,7-25-13)14(16,17)18/h7H2,1-4H3/t11-,12+/m0/s1. The Morgan fingerprint density at radius 3 is 1.64 bits per heavy atom. The fourth-order valence-electron chi connectivity index (χ4n) is 5.00. The van der Waals surface area contributed by atoms with Crippen LogP contribution in [0.25, 0.3) is 0 Å². The second-order valence-corrected chi connectivity index (χ2v) is 8.61. The molecular formula is C15H14F6N2OS. The van der Waals surface area contributed by atoms with Gasteiger partial charge in [0, 0.05) is 16.6 Å². The predicted molar refractivity (Wildman–Crippen MR) is 76.0 cm³/mol. The summed E-state index contributed by atoms with van der Waals surface area (Å²) in [5, 5.41) is 18.7. The van der Waals surface area contributed by atoms with E-state index in [2.05, 4.69) is 0 Å². The smallest absolute Gasteiger partial charge is 0.298 e. The van der Waals surface area contributed by atoms with Gasteiger partial charge in [-0.05, 0) is 0 Å². The van der Waals surface area contributed by atoms with Crippen molar-refractivity contribution in [1.29, 1.82) is 10.5 Å². The molecule has 1 aliphatic heterocycles. The highest BCUT2D eigenvalue weighted by molar-refractivity contribution is 8.01. The van der Waals surface area contributed by atoms with E-state index in [1.165, 1.54) is 0 Å². The second-order valence-electron chi connectivity index (χ2n) is 7.42. The number of halogens is 6. The number of carbonyl (C=O) groups is 1. The molecule has 2 aliphatic rings. The first-order chi connectivity index (χ1) is 11.0. The fraction of sp³-hybridized carbons (Fsp3) is 0.800. The lowest BCUT2D eigenvalue weighted by Gasteiger charge is -2.68. The zero-order chi connectivity index (χ0) is 19.9. The van der Waals surface area contributed by atoms with Gasteiger partial charge < -0.3 is 0 Å². The van der Waals surface area contributed by atoms with Crippen LogP contribution < -0.4 is 0 Å². The Balaban J connectivity index is 3.05. The maximum Gasteiger partial charge on any atom is 0.410 e. The third-order valence-electron chi connectivity index (χ3n) is 5.84. The van der Waals surface area contributed by atoms with Crippen LogP contribution in [0.4, 0.5) is 26.3 Å². The molecule has 2 rings (SSSR count). The molecule has 3 nitrogen and oxygen atoms in total. The first kappa shape index (κ1) is 19.9. The Morgan fingerprint density at radius 2 is 1.36 bits per heavy atom. The number of Topliss-reactive ketones (excluding diaryl/α,β-unsaturated/α-hetero) is 1. The maximum absolute atomic E-state index is 14.2. The van der Waals surface area contributed by atoms with Crippen molar-refractivity contribution in [3.8, 4) is 12.1 Å². The van der Waals surface area contributed by atoms with Crippen LogP contribution in [0.2, 0.25) is 0 Å². The van der Waals surface area contributed by atoms with E-state index >= 15 is 0 Å². The molecule has 1 aliphatic carbocycles. The van der Waals surface area contributed by atoms with E-state index in [-0.39, 0.29) is 11.8 Å². The van der Waals surface area contributed by atoms with Crippen LogP contribution in [0.5, 0.6) is 0 Å². The summed E-state index contributed by atoms with van der Waals surface area (Å²) in [7, 11) is 0. The molecule has 138 valence electrons. The van der Waals surface area contributed by atoms with Crippen molar-refractivity contribution in [1.82, 2.24) is 0 Å². The van der Waals surface area contributed by atoms with E-state index in [9.17, 15) is 41.7 Å². The zero-order valence-electron chi connectivity index (χ0n) is 13.7. The summed E-state index contributed by atoms with van der Waals surface area (Å²) in [4.78, 5) is 12.4. The Kier molecular flexibility index (Phi) is 3.70. The lowest BCUT2D eigenvalue weighted by Crippen LogP contribution is -2.81. The molecule has 10 heteroatoms. The van der Waals surface area contributed by atoms with E-state index in [0.717, 1.165) is 39.8 Å². The van der Waals surface area contributed by atoms with E-state index in [0.29, 0.717) is 0 Å². The van der Waals surface area contributed by atoms with Gasteiger partial charge in [0.2, 0.25) is 0 Å². The fourth-order valence-corrected chi connectivity index (χ4v) is 7.34. The second kappa shape index (κ2) is 4.64. The highest BCUT2D eigenvalue weighted by Gasteiger charge is 2.96. The molecule has 2 atom stereocenters. The molecule has 0 bridgehead atoms. The Hall–Kier alpha value is -1.42. The quantitative estimate of drug-likeness (QED) is 0.586. The Bertz CT molecular complexity index is 708. The summed E-state index contributed by atoms with van der Waals surface area (Å²) in [6.07, 6.45) is -11.3. The molecule has 0 radical (unpaired) electrons. The van der Waals surface area contributed by atoms with Gasteiger partial charge in [-0.2, -0.15) is 36.9 Å². The summed E-state index contributed by atoms with van der Waals surface area (Å²) < 4.78 is 81.3. The van der Waals surface area contributed by atoms with Crippen LogP contribution in [-0.4, -0.2) is 28.6 Å². The molecule has 0 unspecified atom stereocenters. The van der Waals surface area contributed by atoms with Crippen molar-refractivity contribution < 1.29 is 31.1 Å². The van der Waals surface area contributed by atoms with Gasteiger partial charge in [0.15, 0.2) is 10.8 Å². The highest BCUT2D eigenvalue weighted by atomic mass is 32.2. The van der Waals surface area contributed by atoms with Gasteiger partial charge in [0.05, 0.1) is 16.9 Å². The van der Waals surface area contributed by atoms with Crippen molar-refractivity contribution in [2.75, 3.05) is 5.75 Å². The lowest BCUT2D eigenvalue weighted by atomic mass is 9.36. The molecule has 25 heavy (non-hydrogen) atoms. The minimum atomic E-state index is -5.67. The minimum absolute atomic E-state index is 0.260. The number of ketones is 1. The average Bonchev–Trinajstić information content (AvgIpc) is 2.80. The molecule has 1 heterocycles. The third-order valence-corrected chi connectivity index (χ3v) is 8.17. The van der Waals surface area contributed by atoms with Crippen LogP contribution in [0.3, 0.4) is 0 Å². The summed E-state index contributed by atoms with van der Waals surface area (Å²) >= 11 is 0.260. The molecule has 1 saturated heterocycles. The Morgan fingerprint density at radius 1 is 0.920 bits per heavy atom. The van der Waals surface area contributed by atoms with Gasteiger partial charge in [0.25, 0.3) is 0 Å². The summed E-state index contributed by atoms with van der Waals surface area (Å²) in [6.45, 7) is 4.43. The molecule has 0 amide bonds.